The number of nitrogens with one attached hydrogen (secondary N) is 2. The molecular weight excluding hydrogens is 192 g/mol. The van der Waals surface area contributed by atoms with Crippen molar-refractivity contribution in [3.05, 3.63) is 0 Å². The van der Waals surface area contributed by atoms with E-state index >= 15 is 0 Å². The minimum absolute atomic E-state index is 0.346. The van der Waals surface area contributed by atoms with Crippen molar-refractivity contribution in [1.29, 1.82) is 0 Å². The van der Waals surface area contributed by atoms with Crippen LogP contribution in [0.5, 0.6) is 0 Å². The van der Waals surface area contributed by atoms with Gasteiger partial charge >= 0.3 is 0 Å². The topological polar surface area (TPSA) is 82.9 Å². The summed E-state index contributed by atoms with van der Waals surface area (Å²) in [5.74, 6) is 0.915. The number of hydrogen-bond donors (Lipinski definition) is 3. The third-order valence-corrected chi connectivity index (χ3v) is 2.20. The molecule has 0 unspecified atom stereocenters. The van der Waals surface area contributed by atoms with Gasteiger partial charge in [0.2, 0.25) is 11.9 Å². The molecule has 0 aliphatic rings. The molecule has 0 atom stereocenters. The van der Waals surface area contributed by atoms with Crippen LogP contribution in [0.3, 0.4) is 0 Å². The van der Waals surface area contributed by atoms with E-state index < -0.39 is 0 Å². The van der Waals surface area contributed by atoms with Crippen molar-refractivity contribution in [2.75, 3.05) is 37.2 Å². The molecule has 15 heavy (non-hydrogen) atoms. The second-order valence-electron chi connectivity index (χ2n) is 3.41. The summed E-state index contributed by atoms with van der Waals surface area (Å²) < 4.78 is 0. The molecule has 0 radical (unpaired) electrons. The smallest absolute Gasteiger partial charge is 0.243 e. The summed E-state index contributed by atoms with van der Waals surface area (Å²) in [4.78, 5) is 6.34. The number of hydrogen-bond acceptors (Lipinski definition) is 5. The first-order valence-corrected chi connectivity index (χ1v) is 5.40. The van der Waals surface area contributed by atoms with E-state index in [0.717, 1.165) is 26.2 Å². The van der Waals surface area contributed by atoms with Gasteiger partial charge in [0, 0.05) is 13.1 Å². The van der Waals surface area contributed by atoms with Crippen LogP contribution in [-0.4, -0.2) is 46.3 Å². The molecule has 1 rings (SSSR count). The number of aromatic amines is 1. The summed E-state index contributed by atoms with van der Waals surface area (Å²) in [6.45, 7) is 8.40. The molecule has 6 nitrogen and oxygen atoms in total. The lowest BCUT2D eigenvalue weighted by molar-refractivity contribution is 0.300. The quantitative estimate of drug-likeness (QED) is 0.614. The lowest BCUT2D eigenvalue weighted by atomic mass is 10.4. The Kier molecular flexibility index (Phi) is 4.89. The summed E-state index contributed by atoms with van der Waals surface area (Å²) in [5.41, 5.74) is 5.40. The van der Waals surface area contributed by atoms with E-state index in [1.165, 1.54) is 6.42 Å². The van der Waals surface area contributed by atoms with Crippen molar-refractivity contribution >= 4 is 11.9 Å². The van der Waals surface area contributed by atoms with Gasteiger partial charge in [-0.3, -0.25) is 0 Å². The zero-order valence-corrected chi connectivity index (χ0v) is 9.45. The number of nitrogen functional groups attached to an aromatic ring is 1. The zero-order valence-electron chi connectivity index (χ0n) is 9.45. The van der Waals surface area contributed by atoms with E-state index in [9.17, 15) is 0 Å². The second kappa shape index (κ2) is 6.23. The molecule has 1 heterocycles. The standard InChI is InChI=1S/C9H20N6/c1-3-6-15(4-2)7-5-11-9-12-8(10)13-14-9/h3-7H2,1-2H3,(H4,10,11,12,13,14). The number of nitrogens with two attached hydrogens (primary N) is 1. The number of likely N-dealkylation sites (N-methyl/N-ethyl adjacent to an activating group) is 1. The summed E-state index contributed by atoms with van der Waals surface area (Å²) in [5, 5.41) is 9.59. The molecule has 0 saturated carbocycles. The molecule has 1 aromatic heterocycles. The Morgan fingerprint density at radius 3 is 2.73 bits per heavy atom. The first-order valence-electron chi connectivity index (χ1n) is 5.40. The van der Waals surface area contributed by atoms with Crippen LogP contribution in [0.2, 0.25) is 0 Å². The molecule has 0 bridgehead atoms. The largest absolute Gasteiger partial charge is 0.368 e. The van der Waals surface area contributed by atoms with E-state index in [0.29, 0.717) is 11.9 Å². The van der Waals surface area contributed by atoms with Gasteiger partial charge in [0.15, 0.2) is 0 Å². The van der Waals surface area contributed by atoms with Crippen molar-refractivity contribution in [3.8, 4) is 0 Å². The summed E-state index contributed by atoms with van der Waals surface area (Å²) >= 11 is 0. The van der Waals surface area contributed by atoms with Gasteiger partial charge in [-0.2, -0.15) is 4.98 Å². The Hall–Kier alpha value is -1.30. The molecule has 86 valence electrons. The molecule has 0 spiro atoms. The molecule has 0 amide bonds. The number of rotatable bonds is 7. The fraction of sp³-hybridized carbons (Fsp3) is 0.778. The number of aromatic nitrogens is 3. The van der Waals surface area contributed by atoms with Crippen LogP contribution in [0.15, 0.2) is 0 Å². The van der Waals surface area contributed by atoms with E-state index in [2.05, 4.69) is 39.2 Å². The number of anilines is 2. The fourth-order valence-electron chi connectivity index (χ4n) is 1.42. The van der Waals surface area contributed by atoms with E-state index in [1.807, 2.05) is 0 Å². The van der Waals surface area contributed by atoms with Gasteiger partial charge in [-0.15, -0.1) is 5.10 Å². The van der Waals surface area contributed by atoms with Gasteiger partial charge < -0.3 is 16.0 Å². The number of nitrogens with zero attached hydrogens (tertiary/aromatic N) is 3. The van der Waals surface area contributed by atoms with Crippen molar-refractivity contribution in [2.24, 2.45) is 0 Å². The van der Waals surface area contributed by atoms with Gasteiger partial charge in [0.05, 0.1) is 0 Å². The molecule has 6 heteroatoms. The molecule has 0 fully saturated rings. The Morgan fingerprint density at radius 2 is 2.20 bits per heavy atom. The van der Waals surface area contributed by atoms with Crippen LogP contribution < -0.4 is 11.1 Å². The fourth-order valence-corrected chi connectivity index (χ4v) is 1.42. The summed E-state index contributed by atoms with van der Waals surface area (Å²) in [6.07, 6.45) is 1.18. The molecule has 1 aromatic rings. The molecule has 0 aliphatic heterocycles. The molecule has 0 aliphatic carbocycles. The molecule has 4 N–H and O–H groups in total. The Bertz CT molecular complexity index is 271. The van der Waals surface area contributed by atoms with Crippen molar-refractivity contribution in [3.63, 3.8) is 0 Å². The normalized spacial score (nSPS) is 10.9. The SMILES string of the molecule is CCCN(CC)CCNc1n[nH]c(N)n1. The molecule has 0 aromatic carbocycles. The summed E-state index contributed by atoms with van der Waals surface area (Å²) in [7, 11) is 0. The predicted octanol–water partition coefficient (Wildman–Crippen LogP) is 0.531. The van der Waals surface area contributed by atoms with Gasteiger partial charge in [-0.25, -0.2) is 5.10 Å². The van der Waals surface area contributed by atoms with Gasteiger partial charge in [0.1, 0.15) is 0 Å². The third-order valence-electron chi connectivity index (χ3n) is 2.20. The van der Waals surface area contributed by atoms with Crippen LogP contribution in [0.4, 0.5) is 11.9 Å². The van der Waals surface area contributed by atoms with Crippen LogP contribution >= 0.6 is 0 Å². The van der Waals surface area contributed by atoms with Crippen molar-refractivity contribution in [2.45, 2.75) is 20.3 Å². The Morgan fingerprint density at radius 1 is 1.40 bits per heavy atom. The van der Waals surface area contributed by atoms with E-state index in [4.69, 9.17) is 5.73 Å². The van der Waals surface area contributed by atoms with E-state index in [-0.39, 0.29) is 0 Å². The van der Waals surface area contributed by atoms with Gasteiger partial charge in [-0.05, 0) is 19.5 Å². The molecule has 0 saturated heterocycles. The second-order valence-corrected chi connectivity index (χ2v) is 3.41. The monoisotopic (exact) mass is 212 g/mol. The van der Waals surface area contributed by atoms with Crippen molar-refractivity contribution < 1.29 is 0 Å². The Balaban J connectivity index is 2.20. The van der Waals surface area contributed by atoms with E-state index in [1.54, 1.807) is 0 Å². The van der Waals surface area contributed by atoms with Crippen LogP contribution in [0, 0.1) is 0 Å². The highest BCUT2D eigenvalue weighted by Crippen LogP contribution is 1.98. The van der Waals surface area contributed by atoms with Crippen LogP contribution in [0.1, 0.15) is 20.3 Å². The van der Waals surface area contributed by atoms with Crippen LogP contribution in [-0.2, 0) is 0 Å². The third kappa shape index (κ3) is 4.16. The van der Waals surface area contributed by atoms with Crippen molar-refractivity contribution in [1.82, 2.24) is 20.1 Å². The first kappa shape index (κ1) is 11.8. The van der Waals surface area contributed by atoms with Gasteiger partial charge in [0.25, 0.3) is 0 Å². The predicted molar refractivity (Wildman–Crippen MR) is 61.7 cm³/mol. The number of H-pyrrole nitrogens is 1. The minimum atomic E-state index is 0.346. The average molecular weight is 212 g/mol. The minimum Gasteiger partial charge on any atom is -0.368 e. The lowest BCUT2D eigenvalue weighted by Crippen LogP contribution is -2.29. The first-order chi connectivity index (χ1) is 7.26. The van der Waals surface area contributed by atoms with Crippen LogP contribution in [0.25, 0.3) is 0 Å². The Labute approximate surface area is 90.3 Å². The zero-order chi connectivity index (χ0) is 11.1. The molecular formula is C9H20N6. The lowest BCUT2D eigenvalue weighted by Gasteiger charge is -2.19. The maximum atomic E-state index is 5.40. The highest BCUT2D eigenvalue weighted by atomic mass is 15.3. The highest BCUT2D eigenvalue weighted by Gasteiger charge is 2.02. The maximum Gasteiger partial charge on any atom is 0.243 e. The van der Waals surface area contributed by atoms with Gasteiger partial charge in [-0.1, -0.05) is 13.8 Å². The maximum absolute atomic E-state index is 5.40. The summed E-state index contributed by atoms with van der Waals surface area (Å²) in [6, 6.07) is 0. The average Bonchev–Trinajstić information content (AvgIpc) is 2.63. The highest BCUT2D eigenvalue weighted by molar-refractivity contribution is 5.29.